The zero-order chi connectivity index (χ0) is 10.6. The number of aliphatic imine (C=N–C) groups is 1. The molecule has 0 atom stereocenters. The van der Waals surface area contributed by atoms with Crippen molar-refractivity contribution in [1.29, 1.82) is 0 Å². The topological polar surface area (TPSA) is 24.4 Å². The Morgan fingerprint density at radius 1 is 1.50 bits per heavy atom. The van der Waals surface area contributed by atoms with Crippen molar-refractivity contribution in [2.45, 2.75) is 40.5 Å². The Kier molecular flexibility index (Phi) is 4.33. The van der Waals surface area contributed by atoms with Crippen LogP contribution in [0.4, 0.5) is 0 Å². The highest BCUT2D eigenvalue weighted by Crippen LogP contribution is 2.16. The van der Waals surface area contributed by atoms with Gasteiger partial charge in [-0.3, -0.25) is 4.99 Å². The third-order valence-corrected chi connectivity index (χ3v) is 2.73. The fourth-order valence-electron chi connectivity index (χ4n) is 1.74. The molecule has 0 aliphatic carbocycles. The van der Waals surface area contributed by atoms with Crippen LogP contribution in [-0.4, -0.2) is 18.8 Å². The van der Waals surface area contributed by atoms with E-state index < -0.39 is 0 Å². The largest absolute Gasteiger partial charge is 0.313 e. The van der Waals surface area contributed by atoms with Crippen molar-refractivity contribution in [3.05, 3.63) is 11.3 Å². The van der Waals surface area contributed by atoms with Crippen molar-refractivity contribution >= 4 is 5.71 Å². The Labute approximate surface area is 87.5 Å². The molecule has 1 N–H and O–H groups in total. The van der Waals surface area contributed by atoms with Crippen molar-refractivity contribution in [3.63, 3.8) is 0 Å². The first kappa shape index (κ1) is 11.4. The molecule has 1 heterocycles. The maximum atomic E-state index is 4.79. The minimum absolute atomic E-state index is 0.579. The van der Waals surface area contributed by atoms with Crippen molar-refractivity contribution in [3.8, 4) is 0 Å². The van der Waals surface area contributed by atoms with Gasteiger partial charge in [-0.1, -0.05) is 20.8 Å². The third-order valence-electron chi connectivity index (χ3n) is 2.73. The zero-order valence-electron chi connectivity index (χ0n) is 9.85. The lowest BCUT2D eigenvalue weighted by atomic mass is 10.0. The molecule has 1 rings (SSSR count). The Bertz CT molecular complexity index is 249. The Balaban J connectivity index is 2.82. The summed E-state index contributed by atoms with van der Waals surface area (Å²) in [7, 11) is 0. The molecule has 1 aliphatic rings. The highest BCUT2D eigenvalue weighted by atomic mass is 14.9. The molecular weight excluding hydrogens is 172 g/mol. The second-order valence-electron chi connectivity index (χ2n) is 4.27. The van der Waals surface area contributed by atoms with Crippen LogP contribution in [-0.2, 0) is 0 Å². The molecule has 0 saturated heterocycles. The molecule has 0 saturated carbocycles. The van der Waals surface area contributed by atoms with Crippen LogP contribution in [0.5, 0.6) is 0 Å². The summed E-state index contributed by atoms with van der Waals surface area (Å²) in [6.45, 7) is 10.9. The quantitative estimate of drug-likeness (QED) is 0.686. The smallest absolute Gasteiger partial charge is 0.0417 e. The van der Waals surface area contributed by atoms with Crippen molar-refractivity contribution in [2.24, 2.45) is 10.9 Å². The van der Waals surface area contributed by atoms with Gasteiger partial charge in [0.15, 0.2) is 0 Å². The van der Waals surface area contributed by atoms with Gasteiger partial charge in [0.1, 0.15) is 0 Å². The number of hydrogen-bond acceptors (Lipinski definition) is 2. The van der Waals surface area contributed by atoms with E-state index in [1.165, 1.54) is 17.0 Å². The van der Waals surface area contributed by atoms with Crippen molar-refractivity contribution < 1.29 is 0 Å². The van der Waals surface area contributed by atoms with E-state index in [2.05, 4.69) is 33.0 Å². The molecular formula is C12H22N2. The maximum Gasteiger partial charge on any atom is 0.0417 e. The van der Waals surface area contributed by atoms with E-state index in [1.807, 2.05) is 0 Å². The van der Waals surface area contributed by atoms with Crippen LogP contribution < -0.4 is 5.32 Å². The van der Waals surface area contributed by atoms with E-state index >= 15 is 0 Å². The highest BCUT2D eigenvalue weighted by molar-refractivity contribution is 5.86. The summed E-state index contributed by atoms with van der Waals surface area (Å²) < 4.78 is 0. The normalized spacial score (nSPS) is 19.4. The van der Waals surface area contributed by atoms with Gasteiger partial charge in [0.2, 0.25) is 0 Å². The first-order valence-electron chi connectivity index (χ1n) is 5.62. The van der Waals surface area contributed by atoms with Crippen LogP contribution in [0.25, 0.3) is 0 Å². The van der Waals surface area contributed by atoms with Gasteiger partial charge in [-0.25, -0.2) is 0 Å². The van der Waals surface area contributed by atoms with Crippen LogP contribution in [0.3, 0.4) is 0 Å². The highest BCUT2D eigenvalue weighted by Gasteiger charge is 2.09. The SMILES string of the molecule is CCC(=NC1=C(C)CNCC1)C(C)C. The Morgan fingerprint density at radius 2 is 2.21 bits per heavy atom. The molecule has 80 valence electrons. The van der Waals surface area contributed by atoms with Crippen molar-refractivity contribution in [2.75, 3.05) is 13.1 Å². The Morgan fingerprint density at radius 3 is 2.71 bits per heavy atom. The minimum Gasteiger partial charge on any atom is -0.313 e. The van der Waals surface area contributed by atoms with Gasteiger partial charge < -0.3 is 5.32 Å². The predicted octanol–water partition coefficient (Wildman–Crippen LogP) is 2.76. The molecule has 0 radical (unpaired) electrons. The van der Waals surface area contributed by atoms with Crippen molar-refractivity contribution in [1.82, 2.24) is 5.32 Å². The minimum atomic E-state index is 0.579. The standard InChI is InChI=1S/C12H22N2/c1-5-11(9(2)3)14-12-6-7-13-8-10(12)4/h9,13H,5-8H2,1-4H3. The lowest BCUT2D eigenvalue weighted by Crippen LogP contribution is -2.24. The van der Waals surface area contributed by atoms with Crippen LogP contribution in [0.15, 0.2) is 16.3 Å². The third kappa shape index (κ3) is 2.95. The summed E-state index contributed by atoms with van der Waals surface area (Å²) in [5, 5.41) is 3.36. The number of nitrogens with one attached hydrogen (secondary N) is 1. The first-order valence-corrected chi connectivity index (χ1v) is 5.62. The summed E-state index contributed by atoms with van der Waals surface area (Å²) >= 11 is 0. The molecule has 1 aliphatic heterocycles. The molecule has 2 nitrogen and oxygen atoms in total. The van der Waals surface area contributed by atoms with Gasteiger partial charge in [-0.05, 0) is 24.8 Å². The average Bonchev–Trinajstić information content (AvgIpc) is 2.16. The fourth-order valence-corrected chi connectivity index (χ4v) is 1.74. The molecule has 0 aromatic carbocycles. The van der Waals surface area contributed by atoms with E-state index in [4.69, 9.17) is 4.99 Å². The number of nitrogens with zero attached hydrogens (tertiary/aromatic N) is 1. The fraction of sp³-hybridized carbons (Fsp3) is 0.750. The summed E-state index contributed by atoms with van der Waals surface area (Å²) in [4.78, 5) is 4.79. The molecule has 0 bridgehead atoms. The Hall–Kier alpha value is -0.630. The zero-order valence-corrected chi connectivity index (χ0v) is 9.85. The predicted molar refractivity (Wildman–Crippen MR) is 62.8 cm³/mol. The van der Waals surface area contributed by atoms with E-state index in [9.17, 15) is 0 Å². The van der Waals surface area contributed by atoms with Gasteiger partial charge in [-0.2, -0.15) is 0 Å². The van der Waals surface area contributed by atoms with Gasteiger partial charge >= 0.3 is 0 Å². The maximum absolute atomic E-state index is 4.79. The van der Waals surface area contributed by atoms with Gasteiger partial charge in [0.25, 0.3) is 0 Å². The van der Waals surface area contributed by atoms with Crippen LogP contribution in [0.1, 0.15) is 40.5 Å². The van der Waals surface area contributed by atoms with E-state index in [0.717, 1.165) is 25.9 Å². The molecule has 0 unspecified atom stereocenters. The molecule has 0 aromatic rings. The van der Waals surface area contributed by atoms with E-state index in [-0.39, 0.29) is 0 Å². The summed E-state index contributed by atoms with van der Waals surface area (Å²) in [5.41, 5.74) is 4.05. The van der Waals surface area contributed by atoms with Gasteiger partial charge in [0, 0.05) is 30.9 Å². The number of rotatable bonds is 3. The van der Waals surface area contributed by atoms with Crippen LogP contribution in [0, 0.1) is 5.92 Å². The van der Waals surface area contributed by atoms with Crippen LogP contribution in [0.2, 0.25) is 0 Å². The lowest BCUT2D eigenvalue weighted by molar-refractivity contribution is 0.669. The summed E-state index contributed by atoms with van der Waals surface area (Å²) in [5.74, 6) is 0.579. The summed E-state index contributed by atoms with van der Waals surface area (Å²) in [6, 6.07) is 0. The van der Waals surface area contributed by atoms with Gasteiger partial charge in [0.05, 0.1) is 0 Å². The molecule has 14 heavy (non-hydrogen) atoms. The summed E-state index contributed by atoms with van der Waals surface area (Å²) in [6.07, 6.45) is 2.16. The molecule has 2 heteroatoms. The van der Waals surface area contributed by atoms with Crippen LogP contribution >= 0.6 is 0 Å². The lowest BCUT2D eigenvalue weighted by Gasteiger charge is -2.17. The average molecular weight is 194 g/mol. The second kappa shape index (κ2) is 5.30. The monoisotopic (exact) mass is 194 g/mol. The van der Waals surface area contributed by atoms with E-state index in [0.29, 0.717) is 5.92 Å². The van der Waals surface area contributed by atoms with E-state index in [1.54, 1.807) is 0 Å². The molecule has 0 amide bonds. The first-order chi connectivity index (χ1) is 6.65. The van der Waals surface area contributed by atoms with Gasteiger partial charge in [-0.15, -0.1) is 0 Å². The molecule has 0 aromatic heterocycles. The molecule has 0 fully saturated rings. The number of hydrogen-bond donors (Lipinski definition) is 1. The second-order valence-corrected chi connectivity index (χ2v) is 4.27. The molecule has 0 spiro atoms.